The summed E-state index contributed by atoms with van der Waals surface area (Å²) in [5.74, 6) is 0.799. The Balaban J connectivity index is 2.20. The van der Waals surface area contributed by atoms with E-state index in [9.17, 15) is 4.79 Å². The zero-order valence-electron chi connectivity index (χ0n) is 10.1. The summed E-state index contributed by atoms with van der Waals surface area (Å²) in [6.45, 7) is 2.88. The van der Waals surface area contributed by atoms with Crippen molar-refractivity contribution in [3.8, 4) is 5.75 Å². The van der Waals surface area contributed by atoms with Gasteiger partial charge in [0.05, 0.1) is 6.61 Å². The molecule has 0 atom stereocenters. The fourth-order valence-corrected chi connectivity index (χ4v) is 1.41. The quantitative estimate of drug-likeness (QED) is 0.699. The molecule has 4 heteroatoms. The van der Waals surface area contributed by atoms with Crippen LogP contribution in [0.15, 0.2) is 24.3 Å². The Hall–Kier alpha value is -1.55. The van der Waals surface area contributed by atoms with Crippen LogP contribution in [0.3, 0.4) is 0 Å². The fourth-order valence-electron chi connectivity index (χ4n) is 1.41. The van der Waals surface area contributed by atoms with Crippen LogP contribution in [-0.4, -0.2) is 30.8 Å². The smallest absolute Gasteiger partial charge is 0.216 e. The molecule has 17 heavy (non-hydrogen) atoms. The number of ether oxygens (including phenoxy) is 1. The molecule has 1 aromatic carbocycles. The van der Waals surface area contributed by atoms with Gasteiger partial charge in [0.15, 0.2) is 0 Å². The van der Waals surface area contributed by atoms with Crippen molar-refractivity contribution in [3.63, 3.8) is 0 Å². The number of amides is 1. The van der Waals surface area contributed by atoms with Gasteiger partial charge in [-0.2, -0.15) is 0 Å². The topological polar surface area (TPSA) is 58.6 Å². The Morgan fingerprint density at radius 2 is 2.06 bits per heavy atom. The number of aliphatic hydroxyl groups excluding tert-OH is 1. The van der Waals surface area contributed by atoms with Crippen molar-refractivity contribution in [2.75, 3.05) is 19.8 Å². The Morgan fingerprint density at radius 1 is 1.35 bits per heavy atom. The van der Waals surface area contributed by atoms with Crippen LogP contribution < -0.4 is 10.1 Å². The minimum absolute atomic E-state index is 0.0154. The van der Waals surface area contributed by atoms with Gasteiger partial charge in [-0.15, -0.1) is 0 Å². The molecule has 0 saturated heterocycles. The molecule has 1 aromatic rings. The third kappa shape index (κ3) is 5.92. The van der Waals surface area contributed by atoms with Crippen molar-refractivity contribution in [3.05, 3.63) is 29.8 Å². The minimum Gasteiger partial charge on any atom is -0.494 e. The van der Waals surface area contributed by atoms with Crippen molar-refractivity contribution < 1.29 is 14.6 Å². The molecule has 0 spiro atoms. The molecule has 0 heterocycles. The lowest BCUT2D eigenvalue weighted by atomic mass is 10.1. The number of hydrogen-bond donors (Lipinski definition) is 2. The Bertz CT molecular complexity index is 335. The van der Waals surface area contributed by atoms with Crippen molar-refractivity contribution in [1.82, 2.24) is 5.32 Å². The standard InChI is InChI=1S/C13H19NO3/c1-11(16)14-8-2-10-17-13-5-3-12(4-6-13)7-9-15/h3-6,15H,2,7-10H2,1H3,(H,14,16). The summed E-state index contributed by atoms with van der Waals surface area (Å²) in [6, 6.07) is 7.67. The second-order valence-corrected chi connectivity index (χ2v) is 3.80. The van der Waals surface area contributed by atoms with E-state index < -0.39 is 0 Å². The van der Waals surface area contributed by atoms with Gasteiger partial charge >= 0.3 is 0 Å². The number of carbonyl (C=O) groups is 1. The largest absolute Gasteiger partial charge is 0.494 e. The highest BCUT2D eigenvalue weighted by Gasteiger charge is 1.96. The second-order valence-electron chi connectivity index (χ2n) is 3.80. The van der Waals surface area contributed by atoms with E-state index in [0.29, 0.717) is 19.6 Å². The molecule has 94 valence electrons. The number of carbonyl (C=O) groups excluding carboxylic acids is 1. The maximum Gasteiger partial charge on any atom is 0.216 e. The first kappa shape index (κ1) is 13.5. The molecule has 0 aromatic heterocycles. The van der Waals surface area contributed by atoms with Crippen LogP contribution in [0.4, 0.5) is 0 Å². The number of aliphatic hydroxyl groups is 1. The van der Waals surface area contributed by atoms with E-state index in [2.05, 4.69) is 5.32 Å². The summed E-state index contributed by atoms with van der Waals surface area (Å²) < 4.78 is 5.51. The summed E-state index contributed by atoms with van der Waals surface area (Å²) in [6.07, 6.45) is 1.46. The molecule has 0 aliphatic heterocycles. The summed E-state index contributed by atoms with van der Waals surface area (Å²) in [5.41, 5.74) is 1.10. The van der Waals surface area contributed by atoms with Crippen molar-refractivity contribution >= 4 is 5.91 Å². The third-order valence-electron chi connectivity index (χ3n) is 2.29. The van der Waals surface area contributed by atoms with Gasteiger partial charge in [0, 0.05) is 20.1 Å². The van der Waals surface area contributed by atoms with Gasteiger partial charge in [-0.3, -0.25) is 4.79 Å². The highest BCUT2D eigenvalue weighted by Crippen LogP contribution is 2.12. The number of nitrogens with one attached hydrogen (secondary N) is 1. The minimum atomic E-state index is -0.0154. The molecule has 0 fully saturated rings. The summed E-state index contributed by atoms with van der Waals surface area (Å²) >= 11 is 0. The maximum atomic E-state index is 10.6. The number of hydrogen-bond acceptors (Lipinski definition) is 3. The van der Waals surface area contributed by atoms with Gasteiger partial charge in [-0.25, -0.2) is 0 Å². The van der Waals surface area contributed by atoms with Crippen LogP contribution in [-0.2, 0) is 11.2 Å². The number of rotatable bonds is 7. The van der Waals surface area contributed by atoms with Crippen LogP contribution in [0.25, 0.3) is 0 Å². The van der Waals surface area contributed by atoms with E-state index in [0.717, 1.165) is 17.7 Å². The third-order valence-corrected chi connectivity index (χ3v) is 2.29. The van der Waals surface area contributed by atoms with E-state index in [1.807, 2.05) is 24.3 Å². The van der Waals surface area contributed by atoms with Gasteiger partial charge in [-0.1, -0.05) is 12.1 Å². The fraction of sp³-hybridized carbons (Fsp3) is 0.462. The SMILES string of the molecule is CC(=O)NCCCOc1ccc(CCO)cc1. The lowest BCUT2D eigenvalue weighted by Gasteiger charge is -2.07. The van der Waals surface area contributed by atoms with Crippen LogP contribution >= 0.6 is 0 Å². The highest BCUT2D eigenvalue weighted by molar-refractivity contribution is 5.72. The van der Waals surface area contributed by atoms with Gasteiger partial charge in [0.1, 0.15) is 5.75 Å². The molecule has 2 N–H and O–H groups in total. The van der Waals surface area contributed by atoms with E-state index in [-0.39, 0.29) is 12.5 Å². The van der Waals surface area contributed by atoms with Gasteiger partial charge in [0.25, 0.3) is 0 Å². The lowest BCUT2D eigenvalue weighted by molar-refractivity contribution is -0.118. The van der Waals surface area contributed by atoms with E-state index in [4.69, 9.17) is 9.84 Å². The van der Waals surface area contributed by atoms with E-state index in [1.54, 1.807) is 0 Å². The zero-order chi connectivity index (χ0) is 12.5. The Morgan fingerprint density at radius 3 is 2.65 bits per heavy atom. The normalized spacial score (nSPS) is 10.0. The number of benzene rings is 1. The monoisotopic (exact) mass is 237 g/mol. The second kappa shape index (κ2) is 7.68. The highest BCUT2D eigenvalue weighted by atomic mass is 16.5. The van der Waals surface area contributed by atoms with Crippen molar-refractivity contribution in [1.29, 1.82) is 0 Å². The molecule has 0 aliphatic carbocycles. The van der Waals surface area contributed by atoms with Crippen LogP contribution in [0, 0.1) is 0 Å². The predicted molar refractivity (Wildman–Crippen MR) is 66.0 cm³/mol. The van der Waals surface area contributed by atoms with Crippen LogP contribution in [0.5, 0.6) is 5.75 Å². The lowest BCUT2D eigenvalue weighted by Crippen LogP contribution is -2.22. The van der Waals surface area contributed by atoms with E-state index >= 15 is 0 Å². The average Bonchev–Trinajstić information content (AvgIpc) is 2.31. The molecule has 0 radical (unpaired) electrons. The molecule has 0 saturated carbocycles. The molecular weight excluding hydrogens is 218 g/mol. The summed E-state index contributed by atoms with van der Waals surface area (Å²) in [5, 5.41) is 11.5. The zero-order valence-corrected chi connectivity index (χ0v) is 10.1. The van der Waals surface area contributed by atoms with Gasteiger partial charge in [-0.05, 0) is 30.5 Å². The predicted octanol–water partition coefficient (Wildman–Crippen LogP) is 1.13. The Kier molecular flexibility index (Phi) is 6.10. The maximum absolute atomic E-state index is 10.6. The average molecular weight is 237 g/mol. The molecule has 1 amide bonds. The van der Waals surface area contributed by atoms with E-state index in [1.165, 1.54) is 6.92 Å². The van der Waals surface area contributed by atoms with Crippen molar-refractivity contribution in [2.45, 2.75) is 19.8 Å². The summed E-state index contributed by atoms with van der Waals surface area (Å²) in [4.78, 5) is 10.6. The van der Waals surface area contributed by atoms with Crippen LogP contribution in [0.2, 0.25) is 0 Å². The molecular formula is C13H19NO3. The Labute approximate surface area is 102 Å². The van der Waals surface area contributed by atoms with Crippen LogP contribution in [0.1, 0.15) is 18.9 Å². The molecule has 1 rings (SSSR count). The molecule has 0 aliphatic rings. The first-order valence-corrected chi connectivity index (χ1v) is 5.79. The molecule has 4 nitrogen and oxygen atoms in total. The molecule has 0 unspecified atom stereocenters. The summed E-state index contributed by atoms with van der Waals surface area (Å²) in [7, 11) is 0. The van der Waals surface area contributed by atoms with Gasteiger partial charge < -0.3 is 15.2 Å². The first-order chi connectivity index (χ1) is 8.22. The van der Waals surface area contributed by atoms with Crippen molar-refractivity contribution in [2.24, 2.45) is 0 Å². The molecule has 0 bridgehead atoms. The van der Waals surface area contributed by atoms with Gasteiger partial charge in [0.2, 0.25) is 5.91 Å². The first-order valence-electron chi connectivity index (χ1n) is 5.79.